The zero-order valence-electron chi connectivity index (χ0n) is 4.71. The fourth-order valence-corrected chi connectivity index (χ4v) is 1.96. The highest BCUT2D eigenvalue weighted by molar-refractivity contribution is 9.10. The Kier molecular flexibility index (Phi) is 2.71. The molecule has 1 aromatic rings. The second-order valence-electron chi connectivity index (χ2n) is 1.52. The number of thiophene rings is 1. The molecule has 1 rings (SSSR count). The molecule has 0 saturated carbocycles. The van der Waals surface area contributed by atoms with Crippen LogP contribution in [0.3, 0.4) is 0 Å². The van der Waals surface area contributed by atoms with Crippen LogP contribution in [-0.2, 0) is 0 Å². The van der Waals surface area contributed by atoms with Crippen LogP contribution >= 0.6 is 38.9 Å². The monoisotopic (exact) mass is 239 g/mol. The van der Waals surface area contributed by atoms with Gasteiger partial charge in [-0.1, -0.05) is 16.8 Å². The standard InChI is InChI=1S/C5H3BrClNOS/c6-3-1-4(10-2-3)5(7)8-9/h1-2,9H. The van der Waals surface area contributed by atoms with E-state index in [0.717, 1.165) is 9.35 Å². The van der Waals surface area contributed by atoms with E-state index in [1.807, 2.05) is 5.38 Å². The van der Waals surface area contributed by atoms with Crippen molar-refractivity contribution in [2.24, 2.45) is 5.16 Å². The fraction of sp³-hybridized carbons (Fsp3) is 0. The Bertz CT molecular complexity index is 260. The van der Waals surface area contributed by atoms with E-state index in [4.69, 9.17) is 16.8 Å². The van der Waals surface area contributed by atoms with Crippen LogP contribution in [0.5, 0.6) is 0 Å². The number of hydrogen-bond acceptors (Lipinski definition) is 3. The molecule has 0 fully saturated rings. The van der Waals surface area contributed by atoms with Crippen LogP contribution in [0.4, 0.5) is 0 Å². The van der Waals surface area contributed by atoms with E-state index < -0.39 is 0 Å². The van der Waals surface area contributed by atoms with E-state index in [1.165, 1.54) is 11.3 Å². The van der Waals surface area contributed by atoms with Crippen molar-refractivity contribution in [3.63, 3.8) is 0 Å². The van der Waals surface area contributed by atoms with Crippen LogP contribution in [0, 0.1) is 0 Å². The normalized spacial score (nSPS) is 12.0. The first kappa shape index (κ1) is 8.04. The minimum absolute atomic E-state index is 0.121. The molecule has 0 aliphatic rings. The molecule has 5 heteroatoms. The summed E-state index contributed by atoms with van der Waals surface area (Å²) in [6, 6.07) is 1.78. The van der Waals surface area contributed by atoms with Crippen LogP contribution in [0.15, 0.2) is 21.1 Å². The summed E-state index contributed by atoms with van der Waals surface area (Å²) in [6.45, 7) is 0. The molecule has 0 aromatic carbocycles. The maximum atomic E-state index is 8.24. The summed E-state index contributed by atoms with van der Waals surface area (Å²) in [6.07, 6.45) is 0. The second-order valence-corrected chi connectivity index (χ2v) is 3.70. The van der Waals surface area contributed by atoms with Gasteiger partial charge in [0.05, 0.1) is 4.88 Å². The Morgan fingerprint density at radius 3 is 2.90 bits per heavy atom. The fourth-order valence-electron chi connectivity index (χ4n) is 0.471. The highest BCUT2D eigenvalue weighted by Gasteiger charge is 2.02. The van der Waals surface area contributed by atoms with E-state index in [0.29, 0.717) is 0 Å². The summed E-state index contributed by atoms with van der Waals surface area (Å²) >= 11 is 10.2. The number of oxime groups is 1. The average molecular weight is 241 g/mol. The Morgan fingerprint density at radius 2 is 2.50 bits per heavy atom. The van der Waals surface area contributed by atoms with Crippen LogP contribution in [-0.4, -0.2) is 10.4 Å². The Balaban J connectivity index is 2.95. The second kappa shape index (κ2) is 3.37. The Labute approximate surface area is 75.3 Å². The predicted octanol–water partition coefficient (Wildman–Crippen LogP) is 2.89. The number of halogens is 2. The molecule has 1 N–H and O–H groups in total. The van der Waals surface area contributed by atoms with Crippen molar-refractivity contribution in [3.8, 4) is 0 Å². The summed E-state index contributed by atoms with van der Waals surface area (Å²) in [7, 11) is 0. The lowest BCUT2D eigenvalue weighted by atomic mass is 10.5. The summed E-state index contributed by atoms with van der Waals surface area (Å²) in [5, 5.41) is 13.1. The molecule has 0 spiro atoms. The minimum Gasteiger partial charge on any atom is -0.410 e. The number of hydrogen-bond donors (Lipinski definition) is 1. The maximum Gasteiger partial charge on any atom is 0.185 e. The molecule has 54 valence electrons. The quantitative estimate of drug-likeness (QED) is 0.457. The maximum absolute atomic E-state index is 8.24. The third kappa shape index (κ3) is 1.71. The van der Waals surface area contributed by atoms with E-state index in [-0.39, 0.29) is 5.17 Å². The van der Waals surface area contributed by atoms with Crippen molar-refractivity contribution >= 4 is 44.0 Å². The third-order valence-electron chi connectivity index (χ3n) is 0.859. The summed E-state index contributed by atoms with van der Waals surface area (Å²) in [5.41, 5.74) is 0. The SMILES string of the molecule is ON=C(Cl)c1cc(Br)cs1. The van der Waals surface area contributed by atoms with Gasteiger partial charge in [-0.15, -0.1) is 11.3 Å². The lowest BCUT2D eigenvalue weighted by molar-refractivity contribution is 0.321. The van der Waals surface area contributed by atoms with Gasteiger partial charge in [0.1, 0.15) is 0 Å². The molecule has 2 nitrogen and oxygen atoms in total. The van der Waals surface area contributed by atoms with Crippen LogP contribution < -0.4 is 0 Å². The van der Waals surface area contributed by atoms with Gasteiger partial charge >= 0.3 is 0 Å². The first-order valence-corrected chi connectivity index (χ1v) is 4.41. The molecule has 0 atom stereocenters. The van der Waals surface area contributed by atoms with Gasteiger partial charge in [-0.2, -0.15) is 0 Å². The Morgan fingerprint density at radius 1 is 1.80 bits per heavy atom. The topological polar surface area (TPSA) is 32.6 Å². The van der Waals surface area contributed by atoms with E-state index in [1.54, 1.807) is 6.07 Å². The zero-order chi connectivity index (χ0) is 7.56. The minimum atomic E-state index is 0.121. The molecular weight excluding hydrogens is 237 g/mol. The van der Waals surface area contributed by atoms with Gasteiger partial charge in [-0.3, -0.25) is 0 Å². The summed E-state index contributed by atoms with van der Waals surface area (Å²) < 4.78 is 0.939. The van der Waals surface area contributed by atoms with Gasteiger partial charge < -0.3 is 5.21 Å². The summed E-state index contributed by atoms with van der Waals surface area (Å²) in [5.74, 6) is 0. The van der Waals surface area contributed by atoms with Crippen molar-refractivity contribution in [1.29, 1.82) is 0 Å². The van der Waals surface area contributed by atoms with Crippen LogP contribution in [0.1, 0.15) is 4.88 Å². The first-order chi connectivity index (χ1) is 4.74. The lowest BCUT2D eigenvalue weighted by Gasteiger charge is -1.84. The molecule has 0 unspecified atom stereocenters. The third-order valence-corrected chi connectivity index (χ3v) is 2.95. The molecule has 1 heterocycles. The van der Waals surface area contributed by atoms with Crippen molar-refractivity contribution in [2.75, 3.05) is 0 Å². The number of rotatable bonds is 1. The van der Waals surface area contributed by atoms with Gasteiger partial charge in [0.25, 0.3) is 0 Å². The summed E-state index contributed by atoms with van der Waals surface area (Å²) in [4.78, 5) is 0.746. The molecular formula is C5H3BrClNOS. The van der Waals surface area contributed by atoms with Crippen molar-refractivity contribution in [2.45, 2.75) is 0 Å². The van der Waals surface area contributed by atoms with Crippen molar-refractivity contribution < 1.29 is 5.21 Å². The van der Waals surface area contributed by atoms with E-state index >= 15 is 0 Å². The Hall–Kier alpha value is -0.0600. The van der Waals surface area contributed by atoms with Crippen molar-refractivity contribution in [1.82, 2.24) is 0 Å². The lowest BCUT2D eigenvalue weighted by Crippen LogP contribution is -1.83. The molecule has 0 aliphatic carbocycles. The molecule has 0 saturated heterocycles. The van der Waals surface area contributed by atoms with E-state index in [2.05, 4.69) is 21.1 Å². The van der Waals surface area contributed by atoms with Gasteiger partial charge in [0.2, 0.25) is 0 Å². The highest BCUT2D eigenvalue weighted by atomic mass is 79.9. The molecule has 0 radical (unpaired) electrons. The molecule has 10 heavy (non-hydrogen) atoms. The van der Waals surface area contributed by atoms with Crippen LogP contribution in [0.25, 0.3) is 0 Å². The number of nitrogens with zero attached hydrogens (tertiary/aromatic N) is 1. The zero-order valence-corrected chi connectivity index (χ0v) is 7.87. The molecule has 1 aromatic heterocycles. The first-order valence-electron chi connectivity index (χ1n) is 2.36. The molecule has 0 amide bonds. The predicted molar refractivity (Wildman–Crippen MR) is 46.2 cm³/mol. The van der Waals surface area contributed by atoms with Gasteiger partial charge in [0, 0.05) is 9.85 Å². The van der Waals surface area contributed by atoms with Gasteiger partial charge in [0.15, 0.2) is 5.17 Å². The largest absolute Gasteiger partial charge is 0.410 e. The van der Waals surface area contributed by atoms with Gasteiger partial charge in [-0.05, 0) is 22.0 Å². The smallest absolute Gasteiger partial charge is 0.185 e. The van der Waals surface area contributed by atoms with Gasteiger partial charge in [-0.25, -0.2) is 0 Å². The highest BCUT2D eigenvalue weighted by Crippen LogP contribution is 2.21. The molecule has 0 aliphatic heterocycles. The van der Waals surface area contributed by atoms with Crippen molar-refractivity contribution in [3.05, 3.63) is 20.8 Å². The van der Waals surface area contributed by atoms with E-state index in [9.17, 15) is 0 Å². The van der Waals surface area contributed by atoms with Crippen LogP contribution in [0.2, 0.25) is 0 Å². The molecule has 0 bridgehead atoms. The average Bonchev–Trinajstić information content (AvgIpc) is 2.34.